The predicted molar refractivity (Wildman–Crippen MR) is 45.0 cm³/mol. The zero-order chi connectivity index (χ0) is 7.49. The molecule has 9 heavy (non-hydrogen) atoms. The summed E-state index contributed by atoms with van der Waals surface area (Å²) in [7, 11) is 0. The van der Waals surface area contributed by atoms with Crippen molar-refractivity contribution in [2.45, 2.75) is 13.8 Å². The fourth-order valence-corrected chi connectivity index (χ4v) is 1.21. The van der Waals surface area contributed by atoms with E-state index in [-0.39, 0.29) is 5.91 Å². The molecular formula is C5H11IN2O. The average Bonchev–Trinajstić information content (AvgIpc) is 1.65. The van der Waals surface area contributed by atoms with Gasteiger partial charge in [-0.25, -0.2) is 0 Å². The van der Waals surface area contributed by atoms with Gasteiger partial charge in [0.2, 0.25) is 5.91 Å². The fourth-order valence-electron chi connectivity index (χ4n) is 0.254. The van der Waals surface area contributed by atoms with Gasteiger partial charge in [0.15, 0.2) is 0 Å². The summed E-state index contributed by atoms with van der Waals surface area (Å²) in [5.74, 6) is -0.272. The van der Waals surface area contributed by atoms with Gasteiger partial charge in [-0.2, -0.15) is 0 Å². The molecule has 1 amide bonds. The molecule has 0 saturated carbocycles. The van der Waals surface area contributed by atoms with Gasteiger partial charge in [0, 0.05) is 29.4 Å². The Balaban J connectivity index is 3.85. The van der Waals surface area contributed by atoms with Crippen LogP contribution in [0, 0.1) is 5.41 Å². The lowest BCUT2D eigenvalue weighted by Crippen LogP contribution is -2.37. The van der Waals surface area contributed by atoms with Gasteiger partial charge in [0.25, 0.3) is 0 Å². The summed E-state index contributed by atoms with van der Waals surface area (Å²) in [6.07, 6.45) is 0. The van der Waals surface area contributed by atoms with E-state index in [9.17, 15) is 4.79 Å². The first kappa shape index (κ1) is 9.16. The maximum atomic E-state index is 10.6. The lowest BCUT2D eigenvalue weighted by Gasteiger charge is -2.18. The van der Waals surface area contributed by atoms with Crippen molar-refractivity contribution >= 4 is 28.8 Å². The maximum absolute atomic E-state index is 10.6. The number of carbonyl (C=O) groups is 1. The Morgan fingerprint density at radius 1 is 1.78 bits per heavy atom. The maximum Gasteiger partial charge on any atom is 0.224 e. The van der Waals surface area contributed by atoms with Crippen LogP contribution in [0.4, 0.5) is 0 Å². The molecule has 0 aliphatic carbocycles. The summed E-state index contributed by atoms with van der Waals surface area (Å²) in [4.78, 5) is 10.6. The van der Waals surface area contributed by atoms with Crippen molar-refractivity contribution in [3.8, 4) is 0 Å². The standard InChI is InChI=1S/C5H11IN2O/c1-5(2,3-8-6)4(7)9/h8H,3H2,1-2H3,(H2,7,9). The molecular weight excluding hydrogens is 231 g/mol. The van der Waals surface area contributed by atoms with Crippen LogP contribution in [0.15, 0.2) is 0 Å². The molecule has 0 aromatic rings. The number of rotatable bonds is 3. The smallest absolute Gasteiger partial charge is 0.224 e. The van der Waals surface area contributed by atoms with Gasteiger partial charge in [0.1, 0.15) is 0 Å². The lowest BCUT2D eigenvalue weighted by molar-refractivity contribution is -0.125. The van der Waals surface area contributed by atoms with Crippen molar-refractivity contribution in [1.29, 1.82) is 0 Å². The third kappa shape index (κ3) is 3.00. The van der Waals surface area contributed by atoms with E-state index < -0.39 is 5.41 Å². The van der Waals surface area contributed by atoms with Crippen LogP contribution in [-0.2, 0) is 4.79 Å². The Bertz CT molecular complexity index is 114. The lowest BCUT2D eigenvalue weighted by atomic mass is 9.93. The molecule has 0 aromatic heterocycles. The molecule has 0 aliphatic rings. The second-order valence-corrected chi connectivity index (χ2v) is 3.32. The van der Waals surface area contributed by atoms with Gasteiger partial charge in [-0.3, -0.25) is 8.32 Å². The Hall–Kier alpha value is 0.160. The molecule has 4 heteroatoms. The van der Waals surface area contributed by atoms with Gasteiger partial charge in [-0.05, 0) is 13.8 Å². The molecule has 0 spiro atoms. The Morgan fingerprint density at radius 2 is 2.22 bits per heavy atom. The minimum Gasteiger partial charge on any atom is -0.369 e. The molecule has 0 fully saturated rings. The van der Waals surface area contributed by atoms with Crippen LogP contribution in [0.5, 0.6) is 0 Å². The number of nitrogens with one attached hydrogen (secondary N) is 1. The molecule has 0 atom stereocenters. The Kier molecular flexibility index (Phi) is 3.42. The molecule has 3 nitrogen and oxygen atoms in total. The van der Waals surface area contributed by atoms with Crippen molar-refractivity contribution in [3.63, 3.8) is 0 Å². The summed E-state index contributed by atoms with van der Waals surface area (Å²) in [5.41, 5.74) is 4.64. The summed E-state index contributed by atoms with van der Waals surface area (Å²) < 4.78 is 2.86. The zero-order valence-corrected chi connectivity index (χ0v) is 7.73. The van der Waals surface area contributed by atoms with Crippen molar-refractivity contribution < 1.29 is 4.79 Å². The molecule has 54 valence electrons. The number of hydrogen-bond acceptors (Lipinski definition) is 2. The van der Waals surface area contributed by atoms with E-state index in [4.69, 9.17) is 5.73 Å². The first-order valence-electron chi connectivity index (χ1n) is 2.64. The highest BCUT2D eigenvalue weighted by molar-refractivity contribution is 14.1. The van der Waals surface area contributed by atoms with Crippen LogP contribution in [0.3, 0.4) is 0 Å². The molecule has 0 heterocycles. The second-order valence-electron chi connectivity index (χ2n) is 2.56. The van der Waals surface area contributed by atoms with E-state index in [0.29, 0.717) is 6.54 Å². The van der Waals surface area contributed by atoms with Gasteiger partial charge in [0.05, 0.1) is 5.41 Å². The molecule has 0 unspecified atom stereocenters. The van der Waals surface area contributed by atoms with Crippen LogP contribution in [0.1, 0.15) is 13.8 Å². The molecule has 0 radical (unpaired) electrons. The van der Waals surface area contributed by atoms with E-state index in [1.54, 1.807) is 13.8 Å². The summed E-state index contributed by atoms with van der Waals surface area (Å²) in [5, 5.41) is 0. The highest BCUT2D eigenvalue weighted by Crippen LogP contribution is 2.11. The van der Waals surface area contributed by atoms with Crippen molar-refractivity contribution in [2.24, 2.45) is 11.1 Å². The van der Waals surface area contributed by atoms with Gasteiger partial charge < -0.3 is 5.73 Å². The zero-order valence-electron chi connectivity index (χ0n) is 5.57. The van der Waals surface area contributed by atoms with E-state index in [2.05, 4.69) is 3.53 Å². The van der Waals surface area contributed by atoms with Crippen molar-refractivity contribution in [1.82, 2.24) is 3.53 Å². The SMILES string of the molecule is CC(C)(CNI)C(N)=O. The monoisotopic (exact) mass is 242 g/mol. The van der Waals surface area contributed by atoms with Crippen LogP contribution in [-0.4, -0.2) is 12.5 Å². The average molecular weight is 242 g/mol. The van der Waals surface area contributed by atoms with Gasteiger partial charge in [-0.1, -0.05) is 0 Å². The van der Waals surface area contributed by atoms with E-state index in [1.165, 1.54) is 0 Å². The summed E-state index contributed by atoms with van der Waals surface area (Å²) in [6.45, 7) is 4.23. The van der Waals surface area contributed by atoms with Crippen LogP contribution >= 0.6 is 22.9 Å². The van der Waals surface area contributed by atoms with Crippen LogP contribution in [0.2, 0.25) is 0 Å². The van der Waals surface area contributed by atoms with E-state index in [1.807, 2.05) is 22.9 Å². The number of primary amides is 1. The fraction of sp³-hybridized carbons (Fsp3) is 0.800. The highest BCUT2D eigenvalue weighted by atomic mass is 127. The Morgan fingerprint density at radius 3 is 2.33 bits per heavy atom. The first-order valence-corrected chi connectivity index (χ1v) is 3.72. The summed E-state index contributed by atoms with van der Waals surface area (Å²) >= 11 is 1.99. The Labute approximate surface area is 68.9 Å². The van der Waals surface area contributed by atoms with Crippen molar-refractivity contribution in [2.75, 3.05) is 6.54 Å². The molecule has 0 rings (SSSR count). The normalized spacial score (nSPS) is 11.4. The molecule has 0 aromatic carbocycles. The third-order valence-electron chi connectivity index (χ3n) is 1.18. The first-order chi connectivity index (χ1) is 4.00. The van der Waals surface area contributed by atoms with Crippen LogP contribution < -0.4 is 9.26 Å². The number of halogens is 1. The quantitative estimate of drug-likeness (QED) is 0.557. The topological polar surface area (TPSA) is 55.1 Å². The minimum atomic E-state index is -0.429. The molecule has 0 aliphatic heterocycles. The third-order valence-corrected chi connectivity index (χ3v) is 1.56. The molecule has 3 N–H and O–H groups in total. The molecule has 0 saturated heterocycles. The number of carbonyl (C=O) groups excluding carboxylic acids is 1. The predicted octanol–water partition coefficient (Wildman–Crippen LogP) is 0.438. The number of hydrogen-bond donors (Lipinski definition) is 2. The number of amides is 1. The molecule has 0 bridgehead atoms. The highest BCUT2D eigenvalue weighted by Gasteiger charge is 2.23. The second kappa shape index (κ2) is 3.36. The van der Waals surface area contributed by atoms with E-state index in [0.717, 1.165) is 0 Å². The van der Waals surface area contributed by atoms with Gasteiger partial charge >= 0.3 is 0 Å². The number of nitrogens with two attached hydrogens (primary N) is 1. The van der Waals surface area contributed by atoms with Crippen molar-refractivity contribution in [3.05, 3.63) is 0 Å². The largest absolute Gasteiger partial charge is 0.369 e. The van der Waals surface area contributed by atoms with Crippen LogP contribution in [0.25, 0.3) is 0 Å². The van der Waals surface area contributed by atoms with E-state index >= 15 is 0 Å². The summed E-state index contributed by atoms with van der Waals surface area (Å²) in [6, 6.07) is 0. The minimum absolute atomic E-state index is 0.272. The van der Waals surface area contributed by atoms with Gasteiger partial charge in [-0.15, -0.1) is 0 Å².